The molecule has 0 bridgehead atoms. The molecule has 0 radical (unpaired) electrons. The van der Waals surface area contributed by atoms with Gasteiger partial charge in [-0.05, 0) is 12.2 Å². The maximum Gasteiger partial charge on any atom is 0.273 e. The summed E-state index contributed by atoms with van der Waals surface area (Å²) < 4.78 is 0.622. The molecule has 1 amide bonds. The van der Waals surface area contributed by atoms with Crippen molar-refractivity contribution in [1.82, 2.24) is 10.4 Å². The molecular weight excluding hydrogens is 236 g/mol. The van der Waals surface area contributed by atoms with Gasteiger partial charge in [0.15, 0.2) is 0 Å². The molecular formula is C7H7BrN4O. The number of carbonyl (C=O) groups excluding carboxylic acids is 1. The SMILES string of the molecule is NC(=O)C12N=CNN1C=CC=C2Br. The van der Waals surface area contributed by atoms with Crippen LogP contribution in [0.4, 0.5) is 0 Å². The number of hydrogen-bond acceptors (Lipinski definition) is 4. The molecule has 0 aromatic heterocycles. The summed E-state index contributed by atoms with van der Waals surface area (Å²) in [5.41, 5.74) is 6.96. The lowest BCUT2D eigenvalue weighted by Crippen LogP contribution is -2.55. The molecule has 68 valence electrons. The topological polar surface area (TPSA) is 70.7 Å². The van der Waals surface area contributed by atoms with Crippen LogP contribution in [0.3, 0.4) is 0 Å². The smallest absolute Gasteiger partial charge is 0.273 e. The quantitative estimate of drug-likeness (QED) is 0.671. The summed E-state index contributed by atoms with van der Waals surface area (Å²) in [7, 11) is 0. The van der Waals surface area contributed by atoms with Crippen LogP contribution in [0.1, 0.15) is 0 Å². The van der Waals surface area contributed by atoms with Crippen LogP contribution in [0, 0.1) is 0 Å². The Morgan fingerprint density at radius 1 is 1.77 bits per heavy atom. The van der Waals surface area contributed by atoms with Crippen LogP contribution in [-0.2, 0) is 4.79 Å². The molecule has 5 nitrogen and oxygen atoms in total. The highest BCUT2D eigenvalue weighted by atomic mass is 79.9. The number of nitrogens with one attached hydrogen (secondary N) is 1. The van der Waals surface area contributed by atoms with E-state index in [0.717, 1.165) is 0 Å². The Labute approximate surface area is 83.1 Å². The third kappa shape index (κ3) is 0.918. The number of aliphatic imine (C=N–C) groups is 1. The molecule has 0 aromatic carbocycles. The minimum absolute atomic E-state index is 0.527. The van der Waals surface area contributed by atoms with Gasteiger partial charge in [-0.3, -0.25) is 15.2 Å². The number of primary amides is 1. The van der Waals surface area contributed by atoms with E-state index in [0.29, 0.717) is 4.48 Å². The highest BCUT2D eigenvalue weighted by Crippen LogP contribution is 2.34. The average molecular weight is 243 g/mol. The fourth-order valence-corrected chi connectivity index (χ4v) is 1.94. The van der Waals surface area contributed by atoms with Gasteiger partial charge in [0.1, 0.15) is 6.34 Å². The lowest BCUT2D eigenvalue weighted by Gasteiger charge is -2.33. The van der Waals surface area contributed by atoms with Crippen molar-refractivity contribution < 1.29 is 4.79 Å². The first-order valence-electron chi connectivity index (χ1n) is 3.61. The molecule has 0 saturated heterocycles. The predicted molar refractivity (Wildman–Crippen MR) is 51.5 cm³/mol. The number of hydrogen-bond donors (Lipinski definition) is 2. The summed E-state index contributed by atoms with van der Waals surface area (Å²) in [6.45, 7) is 0. The van der Waals surface area contributed by atoms with Crippen LogP contribution in [0.2, 0.25) is 0 Å². The first kappa shape index (κ1) is 8.31. The zero-order valence-corrected chi connectivity index (χ0v) is 8.15. The molecule has 0 aromatic rings. The summed E-state index contributed by atoms with van der Waals surface area (Å²) >= 11 is 3.27. The van der Waals surface area contributed by atoms with E-state index in [1.807, 2.05) is 0 Å². The highest BCUT2D eigenvalue weighted by molar-refractivity contribution is 9.11. The molecule has 0 saturated carbocycles. The number of amides is 1. The summed E-state index contributed by atoms with van der Waals surface area (Å²) in [6, 6.07) is 0. The van der Waals surface area contributed by atoms with Gasteiger partial charge >= 0.3 is 0 Å². The Kier molecular flexibility index (Phi) is 1.66. The van der Waals surface area contributed by atoms with Gasteiger partial charge in [0.2, 0.25) is 0 Å². The Balaban J connectivity index is 2.53. The standard InChI is InChI=1S/C7H7BrN4O/c8-5-2-1-3-12-7(5,6(9)13)10-4-11-12/h1-4H,(H2,9,13)(H,10,11). The molecule has 13 heavy (non-hydrogen) atoms. The molecule has 6 heteroatoms. The fraction of sp³-hybridized carbons (Fsp3) is 0.143. The lowest BCUT2D eigenvalue weighted by atomic mass is 10.1. The molecule has 3 N–H and O–H groups in total. The second-order valence-corrected chi connectivity index (χ2v) is 3.50. The Bertz CT molecular complexity index is 348. The van der Waals surface area contributed by atoms with Crippen molar-refractivity contribution in [3.63, 3.8) is 0 Å². The molecule has 2 heterocycles. The van der Waals surface area contributed by atoms with E-state index in [-0.39, 0.29) is 0 Å². The fourth-order valence-electron chi connectivity index (χ4n) is 1.30. The number of halogens is 1. The predicted octanol–water partition coefficient (Wildman–Crippen LogP) is -0.177. The zero-order valence-electron chi connectivity index (χ0n) is 6.57. The van der Waals surface area contributed by atoms with Gasteiger partial charge < -0.3 is 5.73 Å². The van der Waals surface area contributed by atoms with Gasteiger partial charge in [-0.2, -0.15) is 0 Å². The Morgan fingerprint density at radius 3 is 3.15 bits per heavy atom. The van der Waals surface area contributed by atoms with Crippen LogP contribution < -0.4 is 11.2 Å². The van der Waals surface area contributed by atoms with Gasteiger partial charge in [-0.25, -0.2) is 4.99 Å². The van der Waals surface area contributed by atoms with Gasteiger partial charge in [-0.15, -0.1) is 0 Å². The van der Waals surface area contributed by atoms with E-state index >= 15 is 0 Å². The van der Waals surface area contributed by atoms with Gasteiger partial charge in [0.25, 0.3) is 11.6 Å². The van der Waals surface area contributed by atoms with Crippen molar-refractivity contribution >= 4 is 28.2 Å². The van der Waals surface area contributed by atoms with E-state index in [4.69, 9.17) is 5.73 Å². The van der Waals surface area contributed by atoms with Gasteiger partial charge in [-0.1, -0.05) is 15.9 Å². The molecule has 0 spiro atoms. The van der Waals surface area contributed by atoms with Crippen LogP contribution in [0.5, 0.6) is 0 Å². The van der Waals surface area contributed by atoms with E-state index < -0.39 is 11.6 Å². The van der Waals surface area contributed by atoms with Crippen molar-refractivity contribution in [3.8, 4) is 0 Å². The van der Waals surface area contributed by atoms with Gasteiger partial charge in [0.05, 0.1) is 4.48 Å². The number of carbonyl (C=O) groups is 1. The summed E-state index contributed by atoms with van der Waals surface area (Å²) in [6.07, 6.45) is 6.66. The summed E-state index contributed by atoms with van der Waals surface area (Å²) in [5.74, 6) is -0.527. The van der Waals surface area contributed by atoms with Crippen LogP contribution in [0.25, 0.3) is 0 Å². The second kappa shape index (κ2) is 2.59. The molecule has 1 unspecified atom stereocenters. The lowest BCUT2D eigenvalue weighted by molar-refractivity contribution is -0.125. The molecule has 2 aliphatic rings. The Morgan fingerprint density at radius 2 is 2.54 bits per heavy atom. The monoisotopic (exact) mass is 242 g/mol. The van der Waals surface area contributed by atoms with Crippen molar-refractivity contribution in [1.29, 1.82) is 0 Å². The highest BCUT2D eigenvalue weighted by Gasteiger charge is 2.47. The van der Waals surface area contributed by atoms with Crippen molar-refractivity contribution in [2.75, 3.05) is 0 Å². The third-order valence-corrected chi connectivity index (χ3v) is 2.77. The molecule has 2 rings (SSSR count). The minimum atomic E-state index is -1.13. The van der Waals surface area contributed by atoms with Crippen LogP contribution >= 0.6 is 15.9 Å². The van der Waals surface area contributed by atoms with E-state index in [1.54, 1.807) is 23.4 Å². The molecule has 0 fully saturated rings. The van der Waals surface area contributed by atoms with Gasteiger partial charge in [0, 0.05) is 6.20 Å². The Hall–Kier alpha value is -1.30. The number of hydrazine groups is 1. The van der Waals surface area contributed by atoms with E-state index in [1.165, 1.54) is 6.34 Å². The summed E-state index contributed by atoms with van der Waals surface area (Å²) in [5, 5.41) is 1.54. The average Bonchev–Trinajstić information content (AvgIpc) is 2.50. The van der Waals surface area contributed by atoms with Crippen molar-refractivity contribution in [2.24, 2.45) is 10.7 Å². The molecule has 2 aliphatic heterocycles. The number of rotatable bonds is 1. The summed E-state index contributed by atoms with van der Waals surface area (Å²) in [4.78, 5) is 15.3. The molecule has 0 aliphatic carbocycles. The number of nitrogens with zero attached hydrogens (tertiary/aromatic N) is 2. The second-order valence-electron chi connectivity index (χ2n) is 2.65. The van der Waals surface area contributed by atoms with Crippen molar-refractivity contribution in [3.05, 3.63) is 22.8 Å². The maximum absolute atomic E-state index is 11.3. The van der Waals surface area contributed by atoms with Crippen LogP contribution in [0.15, 0.2) is 27.8 Å². The number of allylic oxidation sites excluding steroid dienone is 2. The first-order chi connectivity index (χ1) is 6.18. The normalized spacial score (nSPS) is 29.6. The zero-order chi connectivity index (χ0) is 9.47. The maximum atomic E-state index is 11.3. The first-order valence-corrected chi connectivity index (χ1v) is 4.41. The molecule has 1 atom stereocenters. The largest absolute Gasteiger partial charge is 0.366 e. The van der Waals surface area contributed by atoms with Crippen LogP contribution in [-0.4, -0.2) is 22.9 Å². The minimum Gasteiger partial charge on any atom is -0.366 e. The number of nitrogens with two attached hydrogens (primary N) is 1. The van der Waals surface area contributed by atoms with E-state index in [9.17, 15) is 4.79 Å². The third-order valence-electron chi connectivity index (χ3n) is 1.95. The van der Waals surface area contributed by atoms with E-state index in [2.05, 4.69) is 26.3 Å². The number of fused-ring (bicyclic) bond motifs is 1. The van der Waals surface area contributed by atoms with Crippen molar-refractivity contribution in [2.45, 2.75) is 5.66 Å².